The van der Waals surface area contributed by atoms with E-state index in [9.17, 15) is 9.90 Å². The first-order valence-electron chi connectivity index (χ1n) is 6.12. The highest BCUT2D eigenvalue weighted by Crippen LogP contribution is 2.18. The number of aliphatic hydroxyl groups excluding tert-OH is 1. The van der Waals surface area contributed by atoms with Gasteiger partial charge >= 0.3 is 0 Å². The van der Waals surface area contributed by atoms with Gasteiger partial charge in [0.25, 0.3) is 0 Å². The second-order valence-corrected chi connectivity index (χ2v) is 5.01. The monoisotopic (exact) mass is 241 g/mol. The highest BCUT2D eigenvalue weighted by atomic mass is 16.3. The first-order chi connectivity index (χ1) is 7.90. The van der Waals surface area contributed by atoms with Crippen LogP contribution >= 0.6 is 0 Å². The van der Waals surface area contributed by atoms with Crippen LogP contribution in [0.4, 0.5) is 0 Å². The molecule has 0 saturated carbocycles. The molecule has 1 aliphatic heterocycles. The third-order valence-corrected chi connectivity index (χ3v) is 3.21. The van der Waals surface area contributed by atoms with E-state index in [0.29, 0.717) is 11.8 Å². The van der Waals surface area contributed by atoms with Crippen molar-refractivity contribution in [1.82, 2.24) is 9.80 Å². The average Bonchev–Trinajstić information content (AvgIpc) is 2.65. The van der Waals surface area contributed by atoms with E-state index in [1.807, 2.05) is 16.8 Å². The molecule has 2 N–H and O–H groups in total. The molecular weight excluding hydrogens is 218 g/mol. The average molecular weight is 241 g/mol. The van der Waals surface area contributed by atoms with Crippen LogP contribution in [0.15, 0.2) is 0 Å². The highest BCUT2D eigenvalue weighted by Gasteiger charge is 2.27. The van der Waals surface area contributed by atoms with Gasteiger partial charge in [0.1, 0.15) is 0 Å². The third kappa shape index (κ3) is 4.34. The number of carbonyl (C=O) groups excluding carboxylic acids is 1. The normalized spacial score (nSPS) is 21.4. The molecule has 1 heterocycles. The molecule has 0 aromatic rings. The van der Waals surface area contributed by atoms with Gasteiger partial charge in [-0.3, -0.25) is 10.2 Å². The topological polar surface area (TPSA) is 67.6 Å². The van der Waals surface area contributed by atoms with Crippen molar-refractivity contribution in [3.63, 3.8) is 0 Å². The minimum absolute atomic E-state index is 0.0386. The highest BCUT2D eigenvalue weighted by molar-refractivity contribution is 5.77. The van der Waals surface area contributed by atoms with Crippen molar-refractivity contribution in [2.75, 3.05) is 26.7 Å². The zero-order valence-corrected chi connectivity index (χ0v) is 10.9. The van der Waals surface area contributed by atoms with Crippen molar-refractivity contribution in [3.8, 4) is 0 Å². The van der Waals surface area contributed by atoms with E-state index in [4.69, 9.17) is 5.41 Å². The van der Waals surface area contributed by atoms with Crippen LogP contribution < -0.4 is 0 Å². The first-order valence-corrected chi connectivity index (χ1v) is 6.12. The maximum Gasteiger partial charge on any atom is 0.225 e. The fourth-order valence-corrected chi connectivity index (χ4v) is 2.11. The summed E-state index contributed by atoms with van der Waals surface area (Å²) in [5, 5.41) is 16.7. The van der Waals surface area contributed by atoms with Crippen LogP contribution in [0.2, 0.25) is 0 Å². The zero-order valence-electron chi connectivity index (χ0n) is 10.9. The van der Waals surface area contributed by atoms with Gasteiger partial charge < -0.3 is 14.9 Å². The predicted molar refractivity (Wildman–Crippen MR) is 67.0 cm³/mol. The summed E-state index contributed by atoms with van der Waals surface area (Å²) >= 11 is 0. The molecule has 2 atom stereocenters. The van der Waals surface area contributed by atoms with Gasteiger partial charge in [0.2, 0.25) is 5.91 Å². The second-order valence-electron chi connectivity index (χ2n) is 5.01. The SMILES string of the molecule is CC(=N)N(C)CC1CCN(C(=O)CC(C)O)C1. The standard InChI is InChI=1S/C12H23N3O2/c1-9(16)6-12(17)15-5-4-11(8-15)7-14(3)10(2)13/h9,11,13,16H,4-8H2,1-3H3. The molecule has 17 heavy (non-hydrogen) atoms. The molecule has 0 aromatic carbocycles. The molecule has 0 bridgehead atoms. The number of hydrogen-bond donors (Lipinski definition) is 2. The van der Waals surface area contributed by atoms with Gasteiger partial charge in [0, 0.05) is 26.7 Å². The van der Waals surface area contributed by atoms with Crippen LogP contribution in [-0.2, 0) is 4.79 Å². The molecule has 1 rings (SSSR count). The molecular formula is C12H23N3O2. The Labute approximate surface area is 103 Å². The van der Waals surface area contributed by atoms with E-state index in [0.717, 1.165) is 26.1 Å². The molecule has 0 spiro atoms. The molecule has 0 aromatic heterocycles. The first kappa shape index (κ1) is 14.0. The van der Waals surface area contributed by atoms with Crippen molar-refractivity contribution in [2.45, 2.75) is 32.8 Å². The van der Waals surface area contributed by atoms with Crippen molar-refractivity contribution >= 4 is 11.7 Å². The summed E-state index contributed by atoms with van der Waals surface area (Å²) < 4.78 is 0. The molecule has 0 aliphatic carbocycles. The number of amidine groups is 1. The van der Waals surface area contributed by atoms with E-state index in [1.54, 1.807) is 13.8 Å². The van der Waals surface area contributed by atoms with Crippen LogP contribution in [0.1, 0.15) is 26.7 Å². The van der Waals surface area contributed by atoms with Crippen molar-refractivity contribution in [2.24, 2.45) is 5.92 Å². The number of carbonyl (C=O) groups is 1. The molecule has 1 aliphatic rings. The van der Waals surface area contributed by atoms with Crippen LogP contribution in [0, 0.1) is 11.3 Å². The van der Waals surface area contributed by atoms with Gasteiger partial charge in [-0.1, -0.05) is 0 Å². The van der Waals surface area contributed by atoms with Crippen LogP contribution in [0.5, 0.6) is 0 Å². The molecule has 0 radical (unpaired) electrons. The summed E-state index contributed by atoms with van der Waals surface area (Å²) in [5.74, 6) is 1.04. The Morgan fingerprint density at radius 2 is 2.29 bits per heavy atom. The summed E-state index contributed by atoms with van der Waals surface area (Å²) in [6, 6.07) is 0. The summed E-state index contributed by atoms with van der Waals surface area (Å²) in [7, 11) is 1.91. The predicted octanol–water partition coefficient (Wildman–Crippen LogP) is 0.535. The van der Waals surface area contributed by atoms with E-state index in [1.165, 1.54) is 0 Å². The molecule has 5 heteroatoms. The molecule has 5 nitrogen and oxygen atoms in total. The molecule has 1 amide bonds. The lowest BCUT2D eigenvalue weighted by molar-refractivity contribution is -0.132. The lowest BCUT2D eigenvalue weighted by atomic mass is 10.1. The zero-order chi connectivity index (χ0) is 13.0. The van der Waals surface area contributed by atoms with Gasteiger partial charge in [0.15, 0.2) is 0 Å². The van der Waals surface area contributed by atoms with Crippen molar-refractivity contribution < 1.29 is 9.90 Å². The summed E-state index contributed by atoms with van der Waals surface area (Å²) in [5.41, 5.74) is 0. The Balaban J connectivity index is 2.37. The quantitative estimate of drug-likeness (QED) is 0.557. The maximum atomic E-state index is 11.7. The number of amides is 1. The van der Waals surface area contributed by atoms with E-state index in [2.05, 4.69) is 0 Å². The Morgan fingerprint density at radius 1 is 1.65 bits per heavy atom. The Hall–Kier alpha value is -1.10. The Kier molecular flexibility index (Phi) is 4.93. The van der Waals surface area contributed by atoms with Crippen LogP contribution in [0.3, 0.4) is 0 Å². The summed E-state index contributed by atoms with van der Waals surface area (Å²) in [6.07, 6.45) is 0.642. The number of nitrogens with one attached hydrogen (secondary N) is 1. The fraction of sp³-hybridized carbons (Fsp3) is 0.833. The van der Waals surface area contributed by atoms with Gasteiger partial charge in [0.05, 0.1) is 18.4 Å². The maximum absolute atomic E-state index is 11.7. The third-order valence-electron chi connectivity index (χ3n) is 3.21. The molecule has 1 fully saturated rings. The second kappa shape index (κ2) is 6.00. The minimum Gasteiger partial charge on any atom is -0.393 e. The lowest BCUT2D eigenvalue weighted by Crippen LogP contribution is -2.34. The summed E-state index contributed by atoms with van der Waals surface area (Å²) in [4.78, 5) is 15.5. The number of likely N-dealkylation sites (tertiary alicyclic amines) is 1. The number of aliphatic hydroxyl groups is 1. The Bertz CT molecular complexity index is 291. The lowest BCUT2D eigenvalue weighted by Gasteiger charge is -2.22. The van der Waals surface area contributed by atoms with Gasteiger partial charge in [-0.2, -0.15) is 0 Å². The minimum atomic E-state index is -0.562. The molecule has 2 unspecified atom stereocenters. The van der Waals surface area contributed by atoms with Crippen LogP contribution in [0.25, 0.3) is 0 Å². The van der Waals surface area contributed by atoms with Gasteiger partial charge in [-0.05, 0) is 26.2 Å². The Morgan fingerprint density at radius 3 is 2.82 bits per heavy atom. The van der Waals surface area contributed by atoms with E-state index in [-0.39, 0.29) is 12.3 Å². The number of nitrogens with zero attached hydrogens (tertiary/aromatic N) is 2. The van der Waals surface area contributed by atoms with E-state index >= 15 is 0 Å². The number of hydrogen-bond acceptors (Lipinski definition) is 3. The summed E-state index contributed by atoms with van der Waals surface area (Å²) in [6.45, 7) is 5.76. The molecule has 1 saturated heterocycles. The smallest absolute Gasteiger partial charge is 0.225 e. The van der Waals surface area contributed by atoms with Gasteiger partial charge in [-0.25, -0.2) is 0 Å². The largest absolute Gasteiger partial charge is 0.393 e. The van der Waals surface area contributed by atoms with Crippen molar-refractivity contribution in [3.05, 3.63) is 0 Å². The van der Waals surface area contributed by atoms with Gasteiger partial charge in [-0.15, -0.1) is 0 Å². The van der Waals surface area contributed by atoms with Crippen molar-refractivity contribution in [1.29, 1.82) is 5.41 Å². The van der Waals surface area contributed by atoms with E-state index < -0.39 is 6.10 Å². The fourth-order valence-electron chi connectivity index (χ4n) is 2.11. The van der Waals surface area contributed by atoms with Crippen LogP contribution in [-0.4, -0.2) is 59.4 Å². The molecule has 98 valence electrons. The number of rotatable bonds is 4.